The molecule has 124 valence electrons. The summed E-state index contributed by atoms with van der Waals surface area (Å²) >= 11 is 0. The van der Waals surface area contributed by atoms with E-state index in [1.54, 1.807) is 36.4 Å². The third-order valence-electron chi connectivity index (χ3n) is 4.11. The Morgan fingerprint density at radius 2 is 1.79 bits per heavy atom. The first-order valence-corrected chi connectivity index (χ1v) is 8.02. The first-order valence-electron chi connectivity index (χ1n) is 8.02. The Hall–Kier alpha value is -2.82. The monoisotopic (exact) mass is 324 g/mol. The molecule has 1 saturated heterocycles. The van der Waals surface area contributed by atoms with Gasteiger partial charge in [0.15, 0.2) is 0 Å². The highest BCUT2D eigenvalue weighted by Gasteiger charge is 2.23. The second kappa shape index (κ2) is 7.17. The molecule has 24 heavy (non-hydrogen) atoms. The molecule has 0 N–H and O–H groups in total. The molecule has 0 bridgehead atoms. The number of likely N-dealkylation sites (tertiary alicyclic amines) is 1. The van der Waals surface area contributed by atoms with Crippen LogP contribution in [0.15, 0.2) is 53.5 Å². The van der Waals surface area contributed by atoms with E-state index < -0.39 is 0 Å². The van der Waals surface area contributed by atoms with Crippen LogP contribution < -0.4 is 10.3 Å². The van der Waals surface area contributed by atoms with Crippen molar-refractivity contribution in [3.8, 4) is 5.75 Å². The second-order valence-electron chi connectivity index (χ2n) is 5.71. The lowest BCUT2D eigenvalue weighted by Gasteiger charge is -2.18. The molecule has 2 aromatic rings. The van der Waals surface area contributed by atoms with Crippen LogP contribution in [0.25, 0.3) is 11.8 Å². The minimum atomic E-state index is -0.218. The lowest BCUT2D eigenvalue weighted by molar-refractivity contribution is -0.124. The maximum absolute atomic E-state index is 12.9. The maximum Gasteiger partial charge on any atom is 0.270 e. The number of carbonyl (C=O) groups is 1. The fraction of sp³-hybridized carbons (Fsp3) is 0.263. The molecular formula is C19H20N2O3. The quantitative estimate of drug-likeness (QED) is 0.812. The summed E-state index contributed by atoms with van der Waals surface area (Å²) in [5.41, 5.74) is 0.992. The molecule has 0 aliphatic carbocycles. The van der Waals surface area contributed by atoms with Gasteiger partial charge in [-0.1, -0.05) is 18.2 Å². The van der Waals surface area contributed by atoms with Crippen LogP contribution in [0.3, 0.4) is 0 Å². The number of rotatable bonds is 4. The van der Waals surface area contributed by atoms with Crippen LogP contribution >= 0.6 is 0 Å². The van der Waals surface area contributed by atoms with Crippen molar-refractivity contribution in [2.75, 3.05) is 20.2 Å². The third-order valence-corrected chi connectivity index (χ3v) is 4.11. The molecule has 1 aliphatic heterocycles. The molecule has 1 aromatic carbocycles. The summed E-state index contributed by atoms with van der Waals surface area (Å²) in [5.74, 6) is 0.632. The van der Waals surface area contributed by atoms with Crippen molar-refractivity contribution >= 4 is 17.7 Å². The number of pyridine rings is 1. The van der Waals surface area contributed by atoms with E-state index >= 15 is 0 Å². The van der Waals surface area contributed by atoms with Crippen molar-refractivity contribution in [3.63, 3.8) is 0 Å². The van der Waals surface area contributed by atoms with Crippen molar-refractivity contribution in [1.29, 1.82) is 0 Å². The molecule has 0 atom stereocenters. The van der Waals surface area contributed by atoms with E-state index in [4.69, 9.17) is 4.74 Å². The van der Waals surface area contributed by atoms with Gasteiger partial charge >= 0.3 is 0 Å². The number of nitrogens with zero attached hydrogens (tertiary/aromatic N) is 2. The zero-order chi connectivity index (χ0) is 16.9. The number of benzene rings is 1. The van der Waals surface area contributed by atoms with Crippen molar-refractivity contribution in [1.82, 2.24) is 9.47 Å². The fourth-order valence-electron chi connectivity index (χ4n) is 2.80. The summed E-state index contributed by atoms with van der Waals surface area (Å²) in [6.07, 6.45) is 5.39. The normalized spacial score (nSPS) is 14.7. The van der Waals surface area contributed by atoms with Gasteiger partial charge in [-0.25, -0.2) is 0 Å². The van der Waals surface area contributed by atoms with E-state index in [0.717, 1.165) is 37.2 Å². The van der Waals surface area contributed by atoms with Crippen LogP contribution in [0.2, 0.25) is 0 Å². The topological polar surface area (TPSA) is 51.5 Å². The van der Waals surface area contributed by atoms with Crippen molar-refractivity contribution in [2.45, 2.75) is 12.8 Å². The molecule has 1 amide bonds. The van der Waals surface area contributed by atoms with Gasteiger partial charge in [0.05, 0.1) is 7.11 Å². The van der Waals surface area contributed by atoms with Crippen molar-refractivity contribution in [2.24, 2.45) is 0 Å². The zero-order valence-corrected chi connectivity index (χ0v) is 13.6. The molecule has 0 unspecified atom stereocenters. The van der Waals surface area contributed by atoms with Gasteiger partial charge in [-0.2, -0.15) is 0 Å². The molecule has 1 aromatic heterocycles. The van der Waals surface area contributed by atoms with E-state index in [9.17, 15) is 9.59 Å². The van der Waals surface area contributed by atoms with Gasteiger partial charge < -0.3 is 9.64 Å². The SMILES string of the molecule is COc1ccc(C=C(C(=O)N2CCCC2)n2ccccc2=O)cc1. The average Bonchev–Trinajstić information content (AvgIpc) is 3.15. The van der Waals surface area contributed by atoms with Gasteiger partial charge in [-0.3, -0.25) is 14.2 Å². The van der Waals surface area contributed by atoms with E-state index in [2.05, 4.69) is 0 Å². The molecule has 2 heterocycles. The Morgan fingerprint density at radius 1 is 1.08 bits per heavy atom. The average molecular weight is 324 g/mol. The highest BCUT2D eigenvalue weighted by molar-refractivity contribution is 6.18. The van der Waals surface area contributed by atoms with E-state index in [0.29, 0.717) is 5.70 Å². The molecule has 0 spiro atoms. The Bertz CT molecular complexity index is 800. The molecule has 1 fully saturated rings. The minimum Gasteiger partial charge on any atom is -0.497 e. The van der Waals surface area contributed by atoms with Crippen LogP contribution in [0.4, 0.5) is 0 Å². The first-order chi connectivity index (χ1) is 11.7. The lowest BCUT2D eigenvalue weighted by atomic mass is 10.1. The summed E-state index contributed by atoms with van der Waals surface area (Å²) in [4.78, 5) is 26.9. The minimum absolute atomic E-state index is 0.114. The Kier molecular flexibility index (Phi) is 4.79. The Morgan fingerprint density at radius 3 is 2.42 bits per heavy atom. The fourth-order valence-corrected chi connectivity index (χ4v) is 2.80. The van der Waals surface area contributed by atoms with E-state index in [-0.39, 0.29) is 11.5 Å². The second-order valence-corrected chi connectivity index (χ2v) is 5.71. The number of amides is 1. The largest absolute Gasteiger partial charge is 0.497 e. The predicted molar refractivity (Wildman–Crippen MR) is 93.7 cm³/mol. The number of ether oxygens (including phenoxy) is 1. The summed E-state index contributed by atoms with van der Waals surface area (Å²) < 4.78 is 6.56. The summed E-state index contributed by atoms with van der Waals surface area (Å²) in [5, 5.41) is 0. The summed E-state index contributed by atoms with van der Waals surface area (Å²) in [6.45, 7) is 1.47. The van der Waals surface area contributed by atoms with Gasteiger partial charge in [0.1, 0.15) is 11.4 Å². The number of hydrogen-bond donors (Lipinski definition) is 0. The van der Waals surface area contributed by atoms with Crippen LogP contribution in [0.1, 0.15) is 18.4 Å². The Balaban J connectivity index is 2.03. The maximum atomic E-state index is 12.9. The summed E-state index contributed by atoms with van der Waals surface area (Å²) in [6, 6.07) is 12.3. The van der Waals surface area contributed by atoms with Gasteiger partial charge in [0, 0.05) is 25.4 Å². The molecule has 0 radical (unpaired) electrons. The molecule has 3 rings (SSSR count). The third kappa shape index (κ3) is 3.40. The van der Waals surface area contributed by atoms with Crippen LogP contribution in [-0.4, -0.2) is 35.6 Å². The highest BCUT2D eigenvalue weighted by atomic mass is 16.5. The molecule has 1 aliphatic rings. The van der Waals surface area contributed by atoms with Crippen LogP contribution in [-0.2, 0) is 4.79 Å². The van der Waals surface area contributed by atoms with Gasteiger partial charge in [-0.15, -0.1) is 0 Å². The van der Waals surface area contributed by atoms with Gasteiger partial charge in [0.25, 0.3) is 11.5 Å². The number of hydrogen-bond acceptors (Lipinski definition) is 3. The first kappa shape index (κ1) is 16.1. The van der Waals surface area contributed by atoms with E-state index in [1.807, 2.05) is 24.3 Å². The molecule has 5 nitrogen and oxygen atoms in total. The Labute approximate surface area is 140 Å². The van der Waals surface area contributed by atoms with Crippen molar-refractivity contribution < 1.29 is 9.53 Å². The lowest BCUT2D eigenvalue weighted by Crippen LogP contribution is -2.33. The zero-order valence-electron chi connectivity index (χ0n) is 13.6. The molecule has 0 saturated carbocycles. The van der Waals surface area contributed by atoms with Gasteiger partial charge in [0.2, 0.25) is 0 Å². The summed E-state index contributed by atoms with van der Waals surface area (Å²) in [7, 11) is 1.61. The van der Waals surface area contributed by atoms with Crippen LogP contribution in [0, 0.1) is 0 Å². The molecular weight excluding hydrogens is 304 g/mol. The number of aromatic nitrogens is 1. The number of carbonyl (C=O) groups excluding carboxylic acids is 1. The molecule has 5 heteroatoms. The smallest absolute Gasteiger partial charge is 0.270 e. The number of methoxy groups -OCH3 is 1. The standard InChI is InChI=1S/C19H20N2O3/c1-24-16-9-7-15(8-10-16)14-17(19(23)20-11-4-5-12-20)21-13-3-2-6-18(21)22/h2-3,6-10,13-14H,4-5,11-12H2,1H3. The van der Waals surface area contributed by atoms with Crippen molar-refractivity contribution in [3.05, 3.63) is 64.6 Å². The van der Waals surface area contributed by atoms with E-state index in [1.165, 1.54) is 10.6 Å². The highest BCUT2D eigenvalue weighted by Crippen LogP contribution is 2.19. The van der Waals surface area contributed by atoms with Gasteiger partial charge in [-0.05, 0) is 42.7 Å². The predicted octanol–water partition coefficient (Wildman–Crippen LogP) is 2.48. The van der Waals surface area contributed by atoms with Crippen LogP contribution in [0.5, 0.6) is 5.75 Å².